The first kappa shape index (κ1) is 10.5. The maximum atomic E-state index is 3.96. The van der Waals surface area contributed by atoms with Crippen LogP contribution in [-0.2, 0) is 0 Å². The van der Waals surface area contributed by atoms with Crippen molar-refractivity contribution in [3.05, 3.63) is 0 Å². The van der Waals surface area contributed by atoms with Gasteiger partial charge in [0.15, 0.2) is 0 Å². The number of hydrogen-bond donors (Lipinski definition) is 2. The molecule has 6 heavy (non-hydrogen) atoms. The summed E-state index contributed by atoms with van der Waals surface area (Å²) < 4.78 is 0.273. The molecule has 0 saturated carbocycles. The third-order valence-electron chi connectivity index (χ3n) is 0.365. The molecule has 0 aliphatic carbocycles. The van der Waals surface area contributed by atoms with Gasteiger partial charge in [0.05, 0.1) is 0 Å². The molecule has 0 fully saturated rings. The van der Waals surface area contributed by atoms with Crippen molar-refractivity contribution >= 4 is 51.5 Å². The molecule has 0 nitrogen and oxygen atoms in total. The fourth-order valence-corrected chi connectivity index (χ4v) is 0. The third kappa shape index (κ3) is 9.13. The van der Waals surface area contributed by atoms with Gasteiger partial charge in [-0.25, -0.2) is 0 Å². The van der Waals surface area contributed by atoms with E-state index >= 15 is 0 Å². The molecule has 0 spiro atoms. The first-order valence-electron chi connectivity index (χ1n) is 1.63. The predicted octanol–water partition coefficient (Wildman–Crippen LogP) is 1.20. The Balaban J connectivity index is 0. The van der Waals surface area contributed by atoms with E-state index in [-0.39, 0.29) is 30.8 Å². The average Bonchev–Trinajstić information content (AvgIpc) is 1.38. The fourth-order valence-electron chi connectivity index (χ4n) is 0. The molecule has 0 saturated heterocycles. The van der Waals surface area contributed by atoms with Gasteiger partial charge in [0.25, 0.3) is 0 Å². The molecule has 0 amide bonds. The third-order valence-corrected chi connectivity index (χ3v) is 1.10. The minimum absolute atomic E-state index is 0. The second-order valence-electron chi connectivity index (χ2n) is 0.889. The van der Waals surface area contributed by atoms with Gasteiger partial charge in [0.1, 0.15) is 0 Å². The summed E-state index contributed by atoms with van der Waals surface area (Å²) in [6.07, 6.45) is 1.03. The summed E-state index contributed by atoms with van der Waals surface area (Å²) in [5.74, 6) is 0. The minimum Gasteiger partial charge on any atom is -0.165 e. The molecule has 0 bridgehead atoms. The summed E-state index contributed by atoms with van der Waals surface area (Å²) in [6.45, 7) is 2.05. The first-order valence-corrected chi connectivity index (χ1v) is 2.66. The van der Waals surface area contributed by atoms with Crippen LogP contribution in [0.3, 0.4) is 0 Å². The van der Waals surface area contributed by atoms with Gasteiger partial charge in [-0.15, -0.1) is 0 Å². The molecule has 0 aliphatic rings. The summed E-state index contributed by atoms with van der Waals surface area (Å²) in [4.78, 5) is 0. The van der Waals surface area contributed by atoms with Crippen molar-refractivity contribution in [2.75, 3.05) is 0 Å². The van der Waals surface area contributed by atoms with E-state index in [0.717, 1.165) is 6.42 Å². The summed E-state index contributed by atoms with van der Waals surface area (Å²) >= 11 is 7.92. The molecule has 0 aromatic heterocycles. The largest absolute Gasteiger partial charge is 0.165 e. The topological polar surface area (TPSA) is 0 Å². The van der Waals surface area contributed by atoms with Crippen molar-refractivity contribution in [1.29, 1.82) is 0 Å². The Kier molecular flexibility index (Phi) is 11.6. The van der Waals surface area contributed by atoms with Crippen LogP contribution < -0.4 is 0 Å². The maximum absolute atomic E-state index is 3.96. The van der Waals surface area contributed by atoms with Crippen molar-refractivity contribution in [1.82, 2.24) is 0 Å². The molecular formula is C3H8BiS2. The van der Waals surface area contributed by atoms with Gasteiger partial charge in [-0.05, 0) is 6.42 Å². The van der Waals surface area contributed by atoms with Crippen LogP contribution in [0.2, 0.25) is 0 Å². The molecule has 0 heterocycles. The van der Waals surface area contributed by atoms with Gasteiger partial charge in [-0.3, -0.25) is 0 Å². The van der Waals surface area contributed by atoms with E-state index in [1.807, 2.05) is 6.92 Å². The van der Waals surface area contributed by atoms with E-state index in [9.17, 15) is 0 Å². The number of hydrogen-bond acceptors (Lipinski definition) is 2. The van der Waals surface area contributed by atoms with E-state index in [4.69, 9.17) is 0 Å². The van der Waals surface area contributed by atoms with E-state index < -0.39 is 0 Å². The second-order valence-corrected chi connectivity index (χ2v) is 2.54. The van der Waals surface area contributed by atoms with Crippen LogP contribution in [0.15, 0.2) is 0 Å². The second kappa shape index (κ2) is 6.58. The summed E-state index contributed by atoms with van der Waals surface area (Å²) in [6, 6.07) is 0. The van der Waals surface area contributed by atoms with Crippen LogP contribution in [0.25, 0.3) is 0 Å². The van der Waals surface area contributed by atoms with Crippen molar-refractivity contribution in [2.24, 2.45) is 0 Å². The smallest absolute Gasteiger partial charge is 0.0439 e. The molecule has 0 rings (SSSR count). The molecule has 0 aliphatic heterocycles. The van der Waals surface area contributed by atoms with Gasteiger partial charge in [-0.2, -0.15) is 25.3 Å². The molecular weight excluding hydrogens is 309 g/mol. The quantitative estimate of drug-likeness (QED) is 0.405. The van der Waals surface area contributed by atoms with Crippen LogP contribution in [0.1, 0.15) is 13.3 Å². The van der Waals surface area contributed by atoms with Crippen molar-refractivity contribution < 1.29 is 0 Å². The Morgan fingerprint density at radius 2 is 1.67 bits per heavy atom. The number of rotatable bonds is 1. The zero-order valence-corrected chi connectivity index (χ0v) is 8.89. The predicted molar refractivity (Wildman–Crippen MR) is 37.8 cm³/mol. The summed E-state index contributed by atoms with van der Waals surface area (Å²) in [5.41, 5.74) is 0. The zero-order chi connectivity index (χ0) is 4.28. The molecule has 37 valence electrons. The van der Waals surface area contributed by atoms with Crippen LogP contribution >= 0.6 is 25.3 Å². The van der Waals surface area contributed by atoms with E-state index in [2.05, 4.69) is 25.3 Å². The van der Waals surface area contributed by atoms with Gasteiger partial charge >= 0.3 is 0 Å². The molecule has 0 N–H and O–H groups in total. The Bertz CT molecular complexity index is 22.8. The first-order chi connectivity index (χ1) is 2.27. The van der Waals surface area contributed by atoms with Gasteiger partial charge < -0.3 is 0 Å². The van der Waals surface area contributed by atoms with Gasteiger partial charge in [0, 0.05) is 30.8 Å². The molecule has 0 atom stereocenters. The number of thiol groups is 2. The van der Waals surface area contributed by atoms with Crippen LogP contribution in [0, 0.1) is 0 Å². The molecule has 0 unspecified atom stereocenters. The Morgan fingerprint density at radius 1 is 1.50 bits per heavy atom. The van der Waals surface area contributed by atoms with E-state index in [0.29, 0.717) is 0 Å². The van der Waals surface area contributed by atoms with Crippen LogP contribution in [0.4, 0.5) is 0 Å². The minimum atomic E-state index is 0. The van der Waals surface area contributed by atoms with Crippen molar-refractivity contribution in [3.8, 4) is 0 Å². The van der Waals surface area contributed by atoms with Crippen molar-refractivity contribution in [2.45, 2.75) is 17.9 Å². The Morgan fingerprint density at radius 3 is 1.67 bits per heavy atom. The monoisotopic (exact) mass is 317 g/mol. The van der Waals surface area contributed by atoms with Crippen LogP contribution in [0.5, 0.6) is 0 Å². The molecule has 3 heteroatoms. The average molecular weight is 317 g/mol. The standard InChI is InChI=1S/C3H8S2.Bi/c1-2-3(4)5;/h3-5H,2H2,1H3;. The Labute approximate surface area is 69.0 Å². The van der Waals surface area contributed by atoms with Gasteiger partial charge in [-0.1, -0.05) is 6.92 Å². The van der Waals surface area contributed by atoms with E-state index in [1.165, 1.54) is 0 Å². The normalized spacial score (nSPS) is 8.00. The Hall–Kier alpha value is 1.58. The van der Waals surface area contributed by atoms with E-state index in [1.54, 1.807) is 0 Å². The zero-order valence-electron chi connectivity index (χ0n) is 3.63. The molecule has 3 radical (unpaired) electrons. The summed E-state index contributed by atoms with van der Waals surface area (Å²) in [7, 11) is 0. The fraction of sp³-hybridized carbons (Fsp3) is 1.00. The molecule has 0 aromatic carbocycles. The van der Waals surface area contributed by atoms with Crippen LogP contribution in [-0.4, -0.2) is 30.8 Å². The van der Waals surface area contributed by atoms with Crippen molar-refractivity contribution in [3.63, 3.8) is 0 Å². The summed E-state index contributed by atoms with van der Waals surface area (Å²) in [5, 5.41) is 0. The maximum Gasteiger partial charge on any atom is 0.0439 e. The molecule has 0 aromatic rings. The van der Waals surface area contributed by atoms with Gasteiger partial charge in [0.2, 0.25) is 0 Å². The SMILES string of the molecule is CCC(S)S.[Bi].